The highest BCUT2D eigenvalue weighted by atomic mass is 16.5. The fourth-order valence-corrected chi connectivity index (χ4v) is 3.97. The molecule has 0 aliphatic carbocycles. The van der Waals surface area contributed by atoms with Crippen molar-refractivity contribution in [1.82, 2.24) is 4.90 Å². The molecule has 2 N–H and O–H groups in total. The van der Waals surface area contributed by atoms with Crippen LogP contribution in [0.3, 0.4) is 0 Å². The Labute approximate surface area is 199 Å². The number of esters is 1. The van der Waals surface area contributed by atoms with Gasteiger partial charge in [-0.3, -0.25) is 4.79 Å². The first kappa shape index (κ1) is 24.8. The average Bonchev–Trinajstić information content (AvgIpc) is 2.81. The second-order valence-electron chi connectivity index (χ2n) is 9.29. The molecule has 8 heteroatoms. The maximum absolute atomic E-state index is 12.7. The minimum absolute atomic E-state index is 0.137. The number of carbonyl (C=O) groups excluding carboxylic acids is 2. The molecule has 1 aliphatic heterocycles. The van der Waals surface area contributed by atoms with E-state index in [-0.39, 0.29) is 17.4 Å². The predicted molar refractivity (Wildman–Crippen MR) is 132 cm³/mol. The van der Waals surface area contributed by atoms with Gasteiger partial charge >= 0.3 is 12.1 Å². The molecule has 1 fully saturated rings. The van der Waals surface area contributed by atoms with Crippen LogP contribution in [0, 0.1) is 5.41 Å². The molecule has 34 heavy (non-hydrogen) atoms. The number of anilines is 2. The number of rotatable bonds is 5. The summed E-state index contributed by atoms with van der Waals surface area (Å²) in [5.41, 5.74) is 2.63. The summed E-state index contributed by atoms with van der Waals surface area (Å²) in [5, 5.41) is 12.4. The van der Waals surface area contributed by atoms with Gasteiger partial charge in [-0.05, 0) is 53.5 Å². The third kappa shape index (κ3) is 6.15. The molecular formula is C26H31N3O5. The van der Waals surface area contributed by atoms with E-state index in [2.05, 4.69) is 15.0 Å². The van der Waals surface area contributed by atoms with Gasteiger partial charge in [0.15, 0.2) is 0 Å². The highest BCUT2D eigenvalue weighted by molar-refractivity contribution is 6.04. The van der Waals surface area contributed by atoms with Crippen molar-refractivity contribution in [2.24, 2.45) is 5.41 Å². The van der Waals surface area contributed by atoms with E-state index in [1.165, 1.54) is 18.1 Å². The summed E-state index contributed by atoms with van der Waals surface area (Å²) in [7, 11) is 1.31. The van der Waals surface area contributed by atoms with Crippen molar-refractivity contribution in [3.05, 3.63) is 65.7 Å². The van der Waals surface area contributed by atoms with Crippen LogP contribution in [0.2, 0.25) is 0 Å². The van der Waals surface area contributed by atoms with Crippen LogP contribution in [-0.4, -0.2) is 60.8 Å². The van der Waals surface area contributed by atoms with Gasteiger partial charge in [0.25, 0.3) is 5.91 Å². The molecule has 1 atom stereocenters. The van der Waals surface area contributed by atoms with Crippen molar-refractivity contribution in [3.8, 4) is 0 Å². The third-order valence-electron chi connectivity index (χ3n) is 5.88. The number of piperazine rings is 1. The predicted octanol–water partition coefficient (Wildman–Crippen LogP) is 4.34. The van der Waals surface area contributed by atoms with E-state index < -0.39 is 12.1 Å². The first-order chi connectivity index (χ1) is 16.1. The summed E-state index contributed by atoms with van der Waals surface area (Å²) in [5.74, 6) is -0.698. The molecule has 8 nitrogen and oxygen atoms in total. The van der Waals surface area contributed by atoms with Crippen LogP contribution < -0.4 is 10.2 Å². The van der Waals surface area contributed by atoms with E-state index in [4.69, 9.17) is 0 Å². The smallest absolute Gasteiger partial charge is 0.407 e. The minimum Gasteiger partial charge on any atom is -0.466 e. The SMILES string of the molecule is COC(=O)C=Cc1cccc(NC(=O)c2ccc(N3CCN(C(=O)O)C(C(C)(C)C)C3)cc2)c1. The van der Waals surface area contributed by atoms with Crippen molar-refractivity contribution in [2.45, 2.75) is 26.8 Å². The van der Waals surface area contributed by atoms with Crippen molar-refractivity contribution < 1.29 is 24.2 Å². The van der Waals surface area contributed by atoms with Crippen LogP contribution in [0.5, 0.6) is 0 Å². The number of ether oxygens (including phenoxy) is 1. The lowest BCUT2D eigenvalue weighted by molar-refractivity contribution is -0.134. The number of hydrogen-bond acceptors (Lipinski definition) is 5. The fraction of sp³-hybridized carbons (Fsp3) is 0.346. The van der Waals surface area contributed by atoms with Crippen LogP contribution in [0.1, 0.15) is 36.7 Å². The second-order valence-corrected chi connectivity index (χ2v) is 9.29. The number of carbonyl (C=O) groups is 3. The van der Waals surface area contributed by atoms with Gasteiger partial charge in [-0.1, -0.05) is 32.9 Å². The van der Waals surface area contributed by atoms with Gasteiger partial charge in [0.1, 0.15) is 0 Å². The van der Waals surface area contributed by atoms with Crippen molar-refractivity contribution >= 4 is 35.4 Å². The molecule has 1 heterocycles. The Morgan fingerprint density at radius 1 is 1.09 bits per heavy atom. The third-order valence-corrected chi connectivity index (χ3v) is 5.88. The topological polar surface area (TPSA) is 99.2 Å². The lowest BCUT2D eigenvalue weighted by atomic mass is 9.84. The maximum Gasteiger partial charge on any atom is 0.407 e. The molecule has 2 aromatic carbocycles. The quantitative estimate of drug-likeness (QED) is 0.503. The van der Waals surface area contributed by atoms with Crippen molar-refractivity contribution in [3.63, 3.8) is 0 Å². The van der Waals surface area contributed by atoms with E-state index in [1.807, 2.05) is 39.0 Å². The minimum atomic E-state index is -0.892. The summed E-state index contributed by atoms with van der Waals surface area (Å²) >= 11 is 0. The molecule has 0 saturated carbocycles. The largest absolute Gasteiger partial charge is 0.466 e. The highest BCUT2D eigenvalue weighted by Crippen LogP contribution is 2.30. The van der Waals surface area contributed by atoms with E-state index in [0.29, 0.717) is 30.9 Å². The normalized spacial score (nSPS) is 16.4. The number of nitrogens with zero attached hydrogens (tertiary/aromatic N) is 2. The first-order valence-electron chi connectivity index (χ1n) is 11.1. The number of amides is 2. The summed E-state index contributed by atoms with van der Waals surface area (Å²) in [6.07, 6.45) is 2.04. The lowest BCUT2D eigenvalue weighted by Crippen LogP contribution is -2.59. The molecule has 180 valence electrons. The van der Waals surface area contributed by atoms with Gasteiger partial charge in [-0.25, -0.2) is 9.59 Å². The zero-order valence-electron chi connectivity index (χ0n) is 19.9. The monoisotopic (exact) mass is 465 g/mol. The number of hydrogen-bond donors (Lipinski definition) is 2. The van der Waals surface area contributed by atoms with Gasteiger partial charge in [0.05, 0.1) is 13.2 Å². The van der Waals surface area contributed by atoms with Crippen LogP contribution in [0.4, 0.5) is 16.2 Å². The van der Waals surface area contributed by atoms with E-state index >= 15 is 0 Å². The van der Waals surface area contributed by atoms with Crippen molar-refractivity contribution in [2.75, 3.05) is 37.0 Å². The lowest BCUT2D eigenvalue weighted by Gasteiger charge is -2.46. The second kappa shape index (κ2) is 10.4. The van der Waals surface area contributed by atoms with E-state index in [0.717, 1.165) is 11.3 Å². The fourth-order valence-electron chi connectivity index (χ4n) is 3.97. The molecule has 1 saturated heterocycles. The molecule has 0 bridgehead atoms. The standard InChI is InChI=1S/C26H31N3O5/c1-26(2,3)22-17-28(14-15-29(22)25(32)33)21-11-9-19(10-12-21)24(31)27-20-7-5-6-18(16-20)8-13-23(30)34-4/h5-13,16,22H,14-15,17H2,1-4H3,(H,27,31)(H,32,33). The van der Waals surface area contributed by atoms with Gasteiger partial charge in [-0.2, -0.15) is 0 Å². The van der Waals surface area contributed by atoms with E-state index in [1.54, 1.807) is 36.4 Å². The summed E-state index contributed by atoms with van der Waals surface area (Å²) < 4.78 is 4.59. The molecular weight excluding hydrogens is 434 g/mol. The van der Waals surface area contributed by atoms with Crippen LogP contribution in [0.15, 0.2) is 54.6 Å². The number of nitrogens with one attached hydrogen (secondary N) is 1. The summed E-state index contributed by atoms with van der Waals surface area (Å²) in [6.45, 7) is 7.75. The Balaban J connectivity index is 1.68. The van der Waals surface area contributed by atoms with Crippen LogP contribution in [0.25, 0.3) is 6.08 Å². The number of methoxy groups -OCH3 is 1. The van der Waals surface area contributed by atoms with Gasteiger partial charge in [0, 0.05) is 42.6 Å². The van der Waals surface area contributed by atoms with Gasteiger partial charge in [-0.15, -0.1) is 0 Å². The number of benzene rings is 2. The Kier molecular flexibility index (Phi) is 7.61. The highest BCUT2D eigenvalue weighted by Gasteiger charge is 2.38. The molecule has 2 aromatic rings. The summed E-state index contributed by atoms with van der Waals surface area (Å²) in [4.78, 5) is 39.4. The molecule has 1 aliphatic rings. The van der Waals surface area contributed by atoms with Crippen LogP contribution >= 0.6 is 0 Å². The Bertz CT molecular complexity index is 1070. The van der Waals surface area contributed by atoms with Crippen molar-refractivity contribution in [1.29, 1.82) is 0 Å². The number of carboxylic acid groups (broad SMARTS) is 1. The molecule has 2 amide bonds. The van der Waals surface area contributed by atoms with Crippen LogP contribution in [-0.2, 0) is 9.53 Å². The zero-order chi connectivity index (χ0) is 24.9. The summed E-state index contributed by atoms with van der Waals surface area (Å²) in [6, 6.07) is 14.3. The molecule has 0 radical (unpaired) electrons. The zero-order valence-corrected chi connectivity index (χ0v) is 19.9. The Hall–Kier alpha value is -3.81. The average molecular weight is 466 g/mol. The van der Waals surface area contributed by atoms with Gasteiger partial charge in [0.2, 0.25) is 0 Å². The molecule has 0 aromatic heterocycles. The molecule has 3 rings (SSSR count). The van der Waals surface area contributed by atoms with E-state index in [9.17, 15) is 19.5 Å². The Morgan fingerprint density at radius 2 is 1.79 bits per heavy atom. The molecule has 0 spiro atoms. The van der Waals surface area contributed by atoms with Gasteiger partial charge < -0.3 is 25.0 Å². The molecule has 1 unspecified atom stereocenters. The maximum atomic E-state index is 12.7. The first-order valence-corrected chi connectivity index (χ1v) is 11.1. The Morgan fingerprint density at radius 3 is 2.41 bits per heavy atom.